The fraction of sp³-hybridized carbons (Fsp3) is 0. The Kier molecular flexibility index (Phi) is 203. The summed E-state index contributed by atoms with van der Waals surface area (Å²) in [5.74, 6) is 0. The lowest BCUT2D eigenvalue weighted by Crippen LogP contribution is -1.25. The SMILES string of the molecule is O=NO.O=NO.O=NO. The van der Waals surface area contributed by atoms with E-state index in [-0.39, 0.29) is 0 Å². The van der Waals surface area contributed by atoms with Crippen LogP contribution in [0.5, 0.6) is 0 Å². The number of hydrogen-bond donors (Lipinski definition) is 3. The predicted octanol–water partition coefficient (Wildman–Crippen LogP) is 0.426. The highest BCUT2D eigenvalue weighted by Gasteiger charge is 1.19. The summed E-state index contributed by atoms with van der Waals surface area (Å²) in [6, 6.07) is 0. The maximum atomic E-state index is 8.11. The summed E-state index contributed by atoms with van der Waals surface area (Å²) >= 11 is 0. The summed E-state index contributed by atoms with van der Waals surface area (Å²) in [6.45, 7) is 0. The highest BCUT2D eigenvalue weighted by Crippen LogP contribution is 1.25. The molecule has 9 heteroatoms. The van der Waals surface area contributed by atoms with Gasteiger partial charge in [-0.1, -0.05) is 0 Å². The first-order valence-electron chi connectivity index (χ1n) is 1.15. The molecule has 54 valence electrons. The van der Waals surface area contributed by atoms with E-state index < -0.39 is 0 Å². The standard InChI is InChI=1S/3HNO2/c3*2-1-3/h3*(H,2,3). The molecule has 0 aliphatic carbocycles. The zero-order valence-electron chi connectivity index (χ0n) is 3.91. The molecule has 0 aromatic carbocycles. The van der Waals surface area contributed by atoms with Crippen LogP contribution in [0, 0.1) is 14.7 Å². The molecule has 0 spiro atoms. The Balaban J connectivity index is -0.0000000600. The van der Waals surface area contributed by atoms with Crippen molar-refractivity contribution in [3.05, 3.63) is 14.7 Å². The highest BCUT2D eigenvalue weighted by atomic mass is 16.6. The van der Waals surface area contributed by atoms with Crippen molar-refractivity contribution in [2.75, 3.05) is 0 Å². The van der Waals surface area contributed by atoms with Gasteiger partial charge in [-0.25, -0.2) is 0 Å². The first kappa shape index (κ1) is 15.7. The van der Waals surface area contributed by atoms with Crippen molar-refractivity contribution in [3.8, 4) is 0 Å². The quantitative estimate of drug-likeness (QED) is 0.328. The third-order valence-corrected chi connectivity index (χ3v) is 0. The molecule has 0 fully saturated rings. The first-order chi connectivity index (χ1) is 4.24. The molecule has 0 heterocycles. The lowest BCUT2D eigenvalue weighted by atomic mass is 13.4. The van der Waals surface area contributed by atoms with Gasteiger partial charge in [0.15, 0.2) is 16.0 Å². The maximum Gasteiger partial charge on any atom is 0.152 e. The van der Waals surface area contributed by atoms with Gasteiger partial charge in [0.05, 0.1) is 0 Å². The van der Waals surface area contributed by atoms with Crippen molar-refractivity contribution in [2.45, 2.75) is 0 Å². The monoisotopic (exact) mass is 141 g/mol. The van der Waals surface area contributed by atoms with Crippen LogP contribution in [-0.2, 0) is 0 Å². The summed E-state index contributed by atoms with van der Waals surface area (Å²) in [5.41, 5.74) is 0. The summed E-state index contributed by atoms with van der Waals surface area (Å²) in [5, 5.41) is 23.7. The molecule has 0 atom stereocenters. The van der Waals surface area contributed by atoms with E-state index in [0.717, 1.165) is 0 Å². The molecule has 9 heavy (non-hydrogen) atoms. The second-order valence-corrected chi connectivity index (χ2v) is 0.245. The van der Waals surface area contributed by atoms with Gasteiger partial charge in [0.2, 0.25) is 0 Å². The van der Waals surface area contributed by atoms with E-state index in [1.807, 2.05) is 0 Å². The molecule has 0 saturated carbocycles. The van der Waals surface area contributed by atoms with E-state index in [0.29, 0.717) is 0 Å². The van der Waals surface area contributed by atoms with Crippen LogP contribution in [0.15, 0.2) is 16.0 Å². The minimum atomic E-state index is 1.25. The fourth-order valence-electron chi connectivity index (χ4n) is 0. The zero-order chi connectivity index (χ0) is 8.12. The lowest BCUT2D eigenvalue weighted by Gasteiger charge is -1.32. The topological polar surface area (TPSA) is 149 Å². The average Bonchev–Trinajstić information content (AvgIpc) is 1.70. The van der Waals surface area contributed by atoms with Gasteiger partial charge in [0, 0.05) is 0 Å². The third kappa shape index (κ3) is 33.8. The molecule has 0 unspecified atom stereocenters. The van der Waals surface area contributed by atoms with Crippen LogP contribution in [-0.4, -0.2) is 15.6 Å². The molecular weight excluding hydrogens is 138 g/mol. The molecule has 0 aliphatic heterocycles. The minimum Gasteiger partial charge on any atom is -0.379 e. The molecule has 0 bridgehead atoms. The lowest BCUT2D eigenvalue weighted by molar-refractivity contribution is 0.312. The van der Waals surface area contributed by atoms with Gasteiger partial charge in [-0.2, -0.15) is 0 Å². The van der Waals surface area contributed by atoms with Crippen molar-refractivity contribution in [1.82, 2.24) is 0 Å². The molecule has 0 aromatic rings. The van der Waals surface area contributed by atoms with E-state index in [1.165, 1.54) is 16.0 Å². The molecule has 0 aromatic heterocycles. The molecule has 0 amide bonds. The Morgan fingerprint density at radius 1 is 0.667 bits per heavy atom. The van der Waals surface area contributed by atoms with Crippen LogP contribution < -0.4 is 0 Å². The average molecular weight is 141 g/mol. The van der Waals surface area contributed by atoms with Crippen LogP contribution in [0.1, 0.15) is 0 Å². The number of nitrogens with zero attached hydrogens (tertiary/aromatic N) is 3. The van der Waals surface area contributed by atoms with E-state index in [9.17, 15) is 0 Å². The summed E-state index contributed by atoms with van der Waals surface area (Å²) in [7, 11) is 0. The number of rotatable bonds is 0. The van der Waals surface area contributed by atoms with Crippen molar-refractivity contribution in [1.29, 1.82) is 0 Å². The fourth-order valence-corrected chi connectivity index (χ4v) is 0. The normalized spacial score (nSPS) is 4.00. The van der Waals surface area contributed by atoms with Crippen molar-refractivity contribution in [2.24, 2.45) is 16.0 Å². The molecule has 0 saturated heterocycles. The largest absolute Gasteiger partial charge is 0.379 e. The van der Waals surface area contributed by atoms with Crippen molar-refractivity contribution >= 4 is 0 Å². The van der Waals surface area contributed by atoms with Crippen LogP contribution in [0.2, 0.25) is 0 Å². The minimum absolute atomic E-state index is 1.25. The highest BCUT2D eigenvalue weighted by molar-refractivity contribution is 3.84. The smallest absolute Gasteiger partial charge is 0.152 e. The van der Waals surface area contributed by atoms with Gasteiger partial charge in [-0.15, -0.1) is 14.7 Å². The molecule has 0 rings (SSSR count). The molecule has 0 aliphatic rings. The Morgan fingerprint density at radius 3 is 0.667 bits per heavy atom. The van der Waals surface area contributed by atoms with Gasteiger partial charge in [-0.05, 0) is 0 Å². The second-order valence-electron chi connectivity index (χ2n) is 0.245. The zero-order valence-corrected chi connectivity index (χ0v) is 3.91. The summed E-state index contributed by atoms with van der Waals surface area (Å²) in [4.78, 5) is 24.3. The third-order valence-electron chi connectivity index (χ3n) is 0. The number of hydrogen-bond acceptors (Lipinski definition) is 6. The Labute approximate surface area is 47.7 Å². The summed E-state index contributed by atoms with van der Waals surface area (Å²) in [6.07, 6.45) is 0. The van der Waals surface area contributed by atoms with E-state index in [1.54, 1.807) is 0 Å². The van der Waals surface area contributed by atoms with Crippen LogP contribution in [0.25, 0.3) is 0 Å². The van der Waals surface area contributed by atoms with Crippen molar-refractivity contribution < 1.29 is 15.6 Å². The maximum absolute atomic E-state index is 8.11. The van der Waals surface area contributed by atoms with E-state index >= 15 is 0 Å². The van der Waals surface area contributed by atoms with Gasteiger partial charge in [0.25, 0.3) is 0 Å². The van der Waals surface area contributed by atoms with Crippen LogP contribution >= 0.6 is 0 Å². The Hall–Kier alpha value is -1.80. The molecule has 0 radical (unpaired) electrons. The second kappa shape index (κ2) is 116. The first-order valence-corrected chi connectivity index (χ1v) is 1.15. The van der Waals surface area contributed by atoms with Gasteiger partial charge >= 0.3 is 0 Å². The van der Waals surface area contributed by atoms with Gasteiger partial charge in [0.1, 0.15) is 0 Å². The molecule has 3 N–H and O–H groups in total. The van der Waals surface area contributed by atoms with Crippen LogP contribution in [0.4, 0.5) is 0 Å². The predicted molar refractivity (Wildman–Crippen MR) is 22.7 cm³/mol. The molecule has 9 nitrogen and oxygen atoms in total. The Morgan fingerprint density at radius 2 is 0.667 bits per heavy atom. The van der Waals surface area contributed by atoms with Crippen molar-refractivity contribution in [3.63, 3.8) is 0 Å². The Bertz CT molecular complexity index is 45.1. The van der Waals surface area contributed by atoms with Gasteiger partial charge < -0.3 is 15.6 Å². The van der Waals surface area contributed by atoms with Gasteiger partial charge in [-0.3, -0.25) is 0 Å². The van der Waals surface area contributed by atoms with E-state index in [4.69, 9.17) is 30.3 Å². The van der Waals surface area contributed by atoms with Crippen LogP contribution in [0.3, 0.4) is 0 Å². The molecular formula is H3N3O6. The summed E-state index contributed by atoms with van der Waals surface area (Å²) < 4.78 is 0. The van der Waals surface area contributed by atoms with E-state index in [2.05, 4.69) is 0 Å².